The van der Waals surface area contributed by atoms with E-state index in [2.05, 4.69) is 21.2 Å². The fraction of sp³-hybridized carbons (Fsp3) is 0. The number of benzene rings is 2. The molecule has 104 valence electrons. The third-order valence-electron chi connectivity index (χ3n) is 2.42. The monoisotopic (exact) mass is 379 g/mol. The van der Waals surface area contributed by atoms with Crippen LogP contribution >= 0.6 is 39.1 Å². The smallest absolute Gasteiger partial charge is 0.256 e. The number of nitrogens with one attached hydrogen (secondary N) is 1. The van der Waals surface area contributed by atoms with E-state index in [1.807, 2.05) is 0 Å². The molecule has 2 aromatic carbocycles. The lowest BCUT2D eigenvalue weighted by Gasteiger charge is -2.10. The van der Waals surface area contributed by atoms with E-state index < -0.39 is 17.5 Å². The Hall–Kier alpha value is -1.17. The minimum atomic E-state index is -0.951. The first-order valence-electron chi connectivity index (χ1n) is 5.29. The summed E-state index contributed by atoms with van der Waals surface area (Å²) in [6.07, 6.45) is 0. The van der Waals surface area contributed by atoms with Gasteiger partial charge >= 0.3 is 0 Å². The Kier molecular flexibility index (Phi) is 4.62. The summed E-state index contributed by atoms with van der Waals surface area (Å²) >= 11 is 14.6. The first-order chi connectivity index (χ1) is 9.38. The molecule has 0 fully saturated rings. The lowest BCUT2D eigenvalue weighted by atomic mass is 10.2. The molecule has 0 atom stereocenters. The number of halogens is 5. The van der Waals surface area contributed by atoms with Crippen LogP contribution < -0.4 is 5.32 Å². The van der Waals surface area contributed by atoms with Crippen LogP contribution in [-0.2, 0) is 0 Å². The molecule has 0 aliphatic heterocycles. The van der Waals surface area contributed by atoms with E-state index in [9.17, 15) is 13.6 Å². The SMILES string of the molecule is O=C(Nc1c(F)cc(F)cc1Cl)c1ccc(Cl)cc1Br. The molecule has 0 unspecified atom stereocenters. The second-order valence-corrected chi connectivity index (χ2v) is 5.52. The van der Waals surface area contributed by atoms with E-state index in [1.165, 1.54) is 18.2 Å². The van der Waals surface area contributed by atoms with Gasteiger partial charge in [-0.05, 0) is 40.2 Å². The predicted octanol–water partition coefficient (Wildman–Crippen LogP) is 5.29. The van der Waals surface area contributed by atoms with Gasteiger partial charge in [0.2, 0.25) is 0 Å². The molecule has 0 heterocycles. The molecule has 2 nitrogen and oxygen atoms in total. The Bertz CT molecular complexity index is 671. The van der Waals surface area contributed by atoms with Gasteiger partial charge in [-0.1, -0.05) is 23.2 Å². The Balaban J connectivity index is 2.33. The average Bonchev–Trinajstić information content (AvgIpc) is 2.33. The van der Waals surface area contributed by atoms with E-state index in [0.29, 0.717) is 15.6 Å². The fourth-order valence-corrected chi connectivity index (χ4v) is 2.62. The highest BCUT2D eigenvalue weighted by Gasteiger charge is 2.16. The summed E-state index contributed by atoms with van der Waals surface area (Å²) in [5.74, 6) is -2.37. The van der Waals surface area contributed by atoms with Crippen molar-refractivity contribution in [1.82, 2.24) is 0 Å². The van der Waals surface area contributed by atoms with Crippen molar-refractivity contribution < 1.29 is 13.6 Å². The van der Waals surface area contributed by atoms with Crippen LogP contribution in [0.3, 0.4) is 0 Å². The van der Waals surface area contributed by atoms with Crippen molar-refractivity contribution in [3.05, 3.63) is 62.0 Å². The molecule has 0 saturated heterocycles. The topological polar surface area (TPSA) is 29.1 Å². The zero-order chi connectivity index (χ0) is 14.9. The Morgan fingerprint density at radius 1 is 1.15 bits per heavy atom. The summed E-state index contributed by atoms with van der Waals surface area (Å²) in [6.45, 7) is 0. The zero-order valence-electron chi connectivity index (χ0n) is 9.68. The molecule has 2 rings (SSSR count). The van der Waals surface area contributed by atoms with Crippen LogP contribution in [0.5, 0.6) is 0 Å². The van der Waals surface area contributed by atoms with Crippen molar-refractivity contribution in [2.24, 2.45) is 0 Å². The van der Waals surface area contributed by atoms with Crippen molar-refractivity contribution in [3.8, 4) is 0 Å². The van der Waals surface area contributed by atoms with Crippen molar-refractivity contribution in [2.75, 3.05) is 5.32 Å². The molecule has 20 heavy (non-hydrogen) atoms. The number of carbonyl (C=O) groups excluding carboxylic acids is 1. The fourth-order valence-electron chi connectivity index (χ4n) is 1.52. The van der Waals surface area contributed by atoms with E-state index in [4.69, 9.17) is 23.2 Å². The number of carbonyl (C=O) groups is 1. The first kappa shape index (κ1) is 15.2. The average molecular weight is 381 g/mol. The van der Waals surface area contributed by atoms with Crippen LogP contribution in [0.25, 0.3) is 0 Å². The van der Waals surface area contributed by atoms with Gasteiger partial charge in [0.05, 0.1) is 16.3 Å². The van der Waals surface area contributed by atoms with E-state index in [1.54, 1.807) is 0 Å². The molecule has 0 bridgehead atoms. The van der Waals surface area contributed by atoms with Crippen molar-refractivity contribution in [1.29, 1.82) is 0 Å². The summed E-state index contributed by atoms with van der Waals surface area (Å²) in [5.41, 5.74) is -0.0332. The Morgan fingerprint density at radius 3 is 2.45 bits per heavy atom. The van der Waals surface area contributed by atoms with Gasteiger partial charge in [-0.3, -0.25) is 4.79 Å². The molecule has 0 radical (unpaired) electrons. The molecule has 7 heteroatoms. The number of hydrogen-bond donors (Lipinski definition) is 1. The molecule has 2 aromatic rings. The molecule has 0 spiro atoms. The standard InChI is InChI=1S/C13H6BrCl2F2NO/c14-9-3-6(15)1-2-8(9)13(20)19-12-10(16)4-7(17)5-11(12)18/h1-5H,(H,19,20). The number of rotatable bonds is 2. The van der Waals surface area contributed by atoms with Crippen LogP contribution in [0.4, 0.5) is 14.5 Å². The van der Waals surface area contributed by atoms with Gasteiger partial charge < -0.3 is 5.32 Å². The molecule has 0 aromatic heterocycles. The van der Waals surface area contributed by atoms with Gasteiger partial charge in [0.1, 0.15) is 5.82 Å². The second kappa shape index (κ2) is 6.08. The van der Waals surface area contributed by atoms with Crippen LogP contribution in [-0.4, -0.2) is 5.91 Å². The van der Waals surface area contributed by atoms with Gasteiger partial charge in [0, 0.05) is 15.6 Å². The highest BCUT2D eigenvalue weighted by Crippen LogP contribution is 2.28. The van der Waals surface area contributed by atoms with Gasteiger partial charge in [-0.2, -0.15) is 0 Å². The number of amides is 1. The Morgan fingerprint density at radius 2 is 1.85 bits per heavy atom. The highest BCUT2D eigenvalue weighted by atomic mass is 79.9. The van der Waals surface area contributed by atoms with Crippen molar-refractivity contribution in [3.63, 3.8) is 0 Å². The number of hydrogen-bond acceptors (Lipinski definition) is 1. The van der Waals surface area contributed by atoms with Gasteiger partial charge in [0.15, 0.2) is 5.82 Å². The largest absolute Gasteiger partial charge is 0.318 e. The van der Waals surface area contributed by atoms with E-state index in [-0.39, 0.29) is 16.3 Å². The summed E-state index contributed by atoms with van der Waals surface area (Å²) < 4.78 is 26.9. The molecule has 0 saturated carbocycles. The maximum atomic E-state index is 13.6. The normalized spacial score (nSPS) is 10.4. The molecular formula is C13H6BrCl2F2NO. The molecule has 1 N–H and O–H groups in total. The molecule has 0 aliphatic rings. The molecular weight excluding hydrogens is 375 g/mol. The molecule has 1 amide bonds. The minimum Gasteiger partial charge on any atom is -0.318 e. The lowest BCUT2D eigenvalue weighted by Crippen LogP contribution is -2.14. The summed E-state index contributed by atoms with van der Waals surface area (Å²) in [6, 6.07) is 6.07. The van der Waals surface area contributed by atoms with E-state index >= 15 is 0 Å². The third-order valence-corrected chi connectivity index (χ3v) is 3.61. The van der Waals surface area contributed by atoms with Crippen molar-refractivity contribution >= 4 is 50.7 Å². The third kappa shape index (κ3) is 3.29. The van der Waals surface area contributed by atoms with Gasteiger partial charge in [0.25, 0.3) is 5.91 Å². The molecule has 0 aliphatic carbocycles. The summed E-state index contributed by atoms with van der Waals surface area (Å²) in [5, 5.41) is 2.52. The lowest BCUT2D eigenvalue weighted by molar-refractivity contribution is 0.102. The van der Waals surface area contributed by atoms with Gasteiger partial charge in [-0.15, -0.1) is 0 Å². The van der Waals surface area contributed by atoms with E-state index in [0.717, 1.165) is 6.07 Å². The minimum absolute atomic E-state index is 0.221. The highest BCUT2D eigenvalue weighted by molar-refractivity contribution is 9.10. The quantitative estimate of drug-likeness (QED) is 0.753. The zero-order valence-corrected chi connectivity index (χ0v) is 12.8. The second-order valence-electron chi connectivity index (χ2n) is 3.82. The van der Waals surface area contributed by atoms with Crippen LogP contribution in [0, 0.1) is 11.6 Å². The number of anilines is 1. The van der Waals surface area contributed by atoms with Crippen LogP contribution in [0.2, 0.25) is 10.0 Å². The predicted molar refractivity (Wildman–Crippen MR) is 78.5 cm³/mol. The Labute approximate surface area is 131 Å². The maximum absolute atomic E-state index is 13.6. The maximum Gasteiger partial charge on any atom is 0.256 e. The first-order valence-corrected chi connectivity index (χ1v) is 6.84. The summed E-state index contributed by atoms with van der Waals surface area (Å²) in [4.78, 5) is 12.0. The van der Waals surface area contributed by atoms with Crippen molar-refractivity contribution in [2.45, 2.75) is 0 Å². The summed E-state index contributed by atoms with van der Waals surface area (Å²) in [7, 11) is 0. The van der Waals surface area contributed by atoms with Gasteiger partial charge in [-0.25, -0.2) is 8.78 Å². The van der Waals surface area contributed by atoms with Crippen LogP contribution in [0.15, 0.2) is 34.8 Å². The van der Waals surface area contributed by atoms with Crippen LogP contribution in [0.1, 0.15) is 10.4 Å².